The van der Waals surface area contributed by atoms with Crippen molar-refractivity contribution in [2.45, 2.75) is 13.5 Å². The largest absolute Gasteiger partial charge is 0.379 e. The zero-order chi connectivity index (χ0) is 21.6. The van der Waals surface area contributed by atoms with Gasteiger partial charge in [-0.25, -0.2) is 4.98 Å². The Hall–Kier alpha value is -3.29. The molecular weight excluding hydrogens is 392 g/mol. The molecule has 1 aromatic heterocycles. The van der Waals surface area contributed by atoms with Crippen LogP contribution in [-0.4, -0.2) is 54.5 Å². The van der Waals surface area contributed by atoms with Crippen molar-refractivity contribution in [3.05, 3.63) is 60.2 Å². The number of hydrogen-bond donors (Lipinski definition) is 2. The second kappa shape index (κ2) is 9.68. The summed E-state index contributed by atoms with van der Waals surface area (Å²) in [5, 5.41) is 6.43. The first-order valence-electron chi connectivity index (χ1n) is 10.4. The summed E-state index contributed by atoms with van der Waals surface area (Å²) in [4.78, 5) is 30.1. The number of carbonyl (C=O) groups is 2. The Kier molecular flexibility index (Phi) is 6.54. The fourth-order valence-corrected chi connectivity index (χ4v) is 3.66. The Morgan fingerprint density at radius 1 is 1.06 bits per heavy atom. The smallest absolute Gasteiger partial charge is 0.243 e. The number of amides is 2. The molecule has 2 heterocycles. The number of pyridine rings is 1. The highest BCUT2D eigenvalue weighted by Crippen LogP contribution is 2.27. The van der Waals surface area contributed by atoms with E-state index in [2.05, 4.69) is 27.7 Å². The predicted octanol–water partition coefficient (Wildman–Crippen LogP) is 2.81. The van der Waals surface area contributed by atoms with Gasteiger partial charge in [-0.2, -0.15) is 0 Å². The quantitative estimate of drug-likeness (QED) is 0.643. The molecule has 0 saturated carbocycles. The van der Waals surface area contributed by atoms with Crippen LogP contribution in [0.25, 0.3) is 22.2 Å². The maximum absolute atomic E-state index is 11.9. The van der Waals surface area contributed by atoms with Crippen molar-refractivity contribution in [1.82, 2.24) is 15.2 Å². The summed E-state index contributed by atoms with van der Waals surface area (Å²) in [6, 6.07) is 18.0. The molecule has 2 aromatic carbocycles. The van der Waals surface area contributed by atoms with E-state index in [0.717, 1.165) is 49.6 Å². The summed E-state index contributed by atoms with van der Waals surface area (Å²) in [7, 11) is 0. The zero-order valence-corrected chi connectivity index (χ0v) is 17.6. The van der Waals surface area contributed by atoms with Crippen molar-refractivity contribution in [2.75, 3.05) is 38.2 Å². The van der Waals surface area contributed by atoms with E-state index in [1.54, 1.807) is 0 Å². The van der Waals surface area contributed by atoms with Crippen LogP contribution in [0.4, 0.5) is 5.69 Å². The number of para-hydroxylation sites is 1. The topological polar surface area (TPSA) is 83.6 Å². The van der Waals surface area contributed by atoms with Gasteiger partial charge in [-0.1, -0.05) is 30.3 Å². The van der Waals surface area contributed by atoms with E-state index >= 15 is 0 Å². The highest BCUT2D eigenvalue weighted by molar-refractivity contribution is 5.94. The van der Waals surface area contributed by atoms with Gasteiger partial charge in [0, 0.05) is 43.2 Å². The van der Waals surface area contributed by atoms with Gasteiger partial charge in [-0.15, -0.1) is 0 Å². The minimum Gasteiger partial charge on any atom is -0.379 e. The van der Waals surface area contributed by atoms with E-state index in [-0.39, 0.29) is 18.4 Å². The first-order chi connectivity index (χ1) is 15.1. The van der Waals surface area contributed by atoms with E-state index in [9.17, 15) is 9.59 Å². The first-order valence-corrected chi connectivity index (χ1v) is 10.4. The lowest BCUT2D eigenvalue weighted by Gasteiger charge is -2.27. The molecule has 2 N–H and O–H groups in total. The third kappa shape index (κ3) is 5.45. The Bertz CT molecular complexity index is 1080. The van der Waals surface area contributed by atoms with Crippen molar-refractivity contribution in [2.24, 2.45) is 0 Å². The highest BCUT2D eigenvalue weighted by Gasteiger charge is 2.14. The van der Waals surface area contributed by atoms with Gasteiger partial charge in [0.25, 0.3) is 0 Å². The molecule has 4 rings (SSSR count). The molecule has 0 spiro atoms. The molecule has 1 aliphatic heterocycles. The van der Waals surface area contributed by atoms with Gasteiger partial charge >= 0.3 is 0 Å². The first kappa shape index (κ1) is 21.0. The van der Waals surface area contributed by atoms with Crippen LogP contribution in [0, 0.1) is 0 Å². The normalized spacial score (nSPS) is 14.4. The summed E-state index contributed by atoms with van der Waals surface area (Å²) in [5.41, 5.74) is 4.77. The lowest BCUT2D eigenvalue weighted by molar-refractivity contribution is -0.122. The number of fused-ring (bicyclic) bond motifs is 1. The number of aromatic nitrogens is 1. The van der Waals surface area contributed by atoms with Gasteiger partial charge in [-0.05, 0) is 29.8 Å². The van der Waals surface area contributed by atoms with Gasteiger partial charge in [0.1, 0.15) is 0 Å². The van der Waals surface area contributed by atoms with Crippen molar-refractivity contribution in [1.29, 1.82) is 0 Å². The maximum atomic E-state index is 11.9. The summed E-state index contributed by atoms with van der Waals surface area (Å²) in [6.07, 6.45) is 0. The number of morpholine rings is 1. The molecule has 1 saturated heterocycles. The number of ether oxygens (including phenoxy) is 1. The van der Waals surface area contributed by atoms with Gasteiger partial charge < -0.3 is 15.4 Å². The number of nitrogens with zero attached hydrogens (tertiary/aromatic N) is 2. The second-order valence-corrected chi connectivity index (χ2v) is 7.61. The van der Waals surface area contributed by atoms with Crippen LogP contribution in [0.3, 0.4) is 0 Å². The van der Waals surface area contributed by atoms with Crippen molar-refractivity contribution < 1.29 is 14.3 Å². The third-order valence-electron chi connectivity index (χ3n) is 5.26. The van der Waals surface area contributed by atoms with E-state index in [1.165, 1.54) is 17.9 Å². The number of carbonyl (C=O) groups excluding carboxylic acids is 2. The monoisotopic (exact) mass is 418 g/mol. The lowest BCUT2D eigenvalue weighted by atomic mass is 10.0. The van der Waals surface area contributed by atoms with Gasteiger partial charge in [-0.3, -0.25) is 14.5 Å². The molecule has 1 aliphatic rings. The van der Waals surface area contributed by atoms with Crippen LogP contribution in [0.1, 0.15) is 12.5 Å². The molecule has 2 amide bonds. The highest BCUT2D eigenvalue weighted by atomic mass is 16.5. The van der Waals surface area contributed by atoms with Crippen LogP contribution in [-0.2, 0) is 20.9 Å². The van der Waals surface area contributed by atoms with Gasteiger partial charge in [0.2, 0.25) is 11.8 Å². The molecule has 0 radical (unpaired) electrons. The molecule has 3 aromatic rings. The van der Waals surface area contributed by atoms with Gasteiger partial charge in [0.15, 0.2) is 0 Å². The van der Waals surface area contributed by atoms with Crippen LogP contribution in [0.2, 0.25) is 0 Å². The molecular formula is C24H26N4O3. The summed E-state index contributed by atoms with van der Waals surface area (Å²) >= 11 is 0. The Balaban J connectivity index is 1.56. The maximum Gasteiger partial charge on any atom is 0.243 e. The summed E-state index contributed by atoms with van der Waals surface area (Å²) < 4.78 is 5.48. The Morgan fingerprint density at radius 2 is 1.81 bits per heavy atom. The number of benzene rings is 2. The summed E-state index contributed by atoms with van der Waals surface area (Å²) in [6.45, 7) is 5.59. The van der Waals surface area contributed by atoms with Gasteiger partial charge in [0.05, 0.1) is 31.0 Å². The molecule has 0 unspecified atom stereocenters. The predicted molar refractivity (Wildman–Crippen MR) is 121 cm³/mol. The standard InChI is InChI=1S/C24H26N4O3/c1-17(29)25-15-24(30)26-20-8-6-18(7-9-20)23-14-19(16-28-10-12-31-13-11-28)21-4-2-3-5-22(21)27-23/h2-9,14H,10-13,15-16H2,1H3,(H,25,29)(H,26,30). The van der Waals surface area contributed by atoms with E-state index in [0.29, 0.717) is 5.69 Å². The average molecular weight is 418 g/mol. The molecule has 160 valence electrons. The summed E-state index contributed by atoms with van der Waals surface area (Å²) in [5.74, 6) is -0.500. The molecule has 7 nitrogen and oxygen atoms in total. The van der Waals surface area contributed by atoms with Crippen molar-refractivity contribution in [3.8, 4) is 11.3 Å². The molecule has 1 fully saturated rings. The van der Waals surface area contributed by atoms with E-state index in [4.69, 9.17) is 9.72 Å². The third-order valence-corrected chi connectivity index (χ3v) is 5.26. The van der Waals surface area contributed by atoms with E-state index < -0.39 is 0 Å². The minimum absolute atomic E-state index is 0.0474. The number of rotatable bonds is 6. The molecule has 7 heteroatoms. The molecule has 0 aliphatic carbocycles. The Morgan fingerprint density at radius 3 is 2.55 bits per heavy atom. The molecule has 31 heavy (non-hydrogen) atoms. The molecule has 0 bridgehead atoms. The number of nitrogens with one attached hydrogen (secondary N) is 2. The fraction of sp³-hybridized carbons (Fsp3) is 0.292. The van der Waals surface area contributed by atoms with Crippen molar-refractivity contribution >= 4 is 28.4 Å². The van der Waals surface area contributed by atoms with E-state index in [1.807, 2.05) is 42.5 Å². The van der Waals surface area contributed by atoms with Crippen LogP contribution < -0.4 is 10.6 Å². The van der Waals surface area contributed by atoms with Crippen LogP contribution in [0.15, 0.2) is 54.6 Å². The Labute approximate surface area is 181 Å². The van der Waals surface area contributed by atoms with Crippen LogP contribution >= 0.6 is 0 Å². The number of anilines is 1. The van der Waals surface area contributed by atoms with Crippen molar-refractivity contribution in [3.63, 3.8) is 0 Å². The minimum atomic E-state index is -0.264. The second-order valence-electron chi connectivity index (χ2n) is 7.61. The average Bonchev–Trinajstić information content (AvgIpc) is 2.79. The zero-order valence-electron chi connectivity index (χ0n) is 17.6. The lowest BCUT2D eigenvalue weighted by Crippen LogP contribution is -2.35. The SMILES string of the molecule is CC(=O)NCC(=O)Nc1ccc(-c2cc(CN3CCOCC3)c3ccccc3n2)cc1. The fourth-order valence-electron chi connectivity index (χ4n) is 3.66. The number of hydrogen-bond acceptors (Lipinski definition) is 5. The molecule has 0 atom stereocenters. The van der Waals surface area contributed by atoms with Crippen LogP contribution in [0.5, 0.6) is 0 Å².